The third kappa shape index (κ3) is 2.66. The average Bonchev–Trinajstić information content (AvgIpc) is 3.00. The van der Waals surface area contributed by atoms with Gasteiger partial charge < -0.3 is 14.5 Å². The summed E-state index contributed by atoms with van der Waals surface area (Å²) in [4.78, 5) is 18.3. The molecule has 0 amide bonds. The molecule has 9 nitrogen and oxygen atoms in total. The summed E-state index contributed by atoms with van der Waals surface area (Å²) < 4.78 is 12.5. The molecule has 0 aliphatic heterocycles. The third-order valence-corrected chi connectivity index (χ3v) is 2.90. The molecule has 0 bridgehead atoms. The minimum Gasteiger partial charge on any atom is -0.493 e. The Morgan fingerprint density at radius 3 is 3.00 bits per heavy atom. The molecule has 1 N–H and O–H groups in total. The van der Waals surface area contributed by atoms with E-state index in [2.05, 4.69) is 25.5 Å². The van der Waals surface area contributed by atoms with Gasteiger partial charge in [-0.1, -0.05) is 0 Å². The Morgan fingerprint density at radius 1 is 1.33 bits per heavy atom. The van der Waals surface area contributed by atoms with Gasteiger partial charge >= 0.3 is 0 Å². The highest BCUT2D eigenvalue weighted by atomic mass is 16.5. The van der Waals surface area contributed by atoms with Crippen LogP contribution in [0.3, 0.4) is 0 Å². The maximum absolute atomic E-state index is 11.7. The summed E-state index contributed by atoms with van der Waals surface area (Å²) in [7, 11) is 1.51. The van der Waals surface area contributed by atoms with Gasteiger partial charge in [-0.05, 0) is 16.5 Å². The maximum atomic E-state index is 11.7. The molecule has 0 saturated heterocycles. The first-order valence-electron chi connectivity index (χ1n) is 6.17. The molecular weight excluding hydrogens is 276 g/mol. The van der Waals surface area contributed by atoms with E-state index in [4.69, 9.17) is 9.47 Å². The number of aromatic amines is 1. The van der Waals surface area contributed by atoms with E-state index in [9.17, 15) is 4.79 Å². The fourth-order valence-electron chi connectivity index (χ4n) is 1.88. The molecule has 1 aromatic carbocycles. The predicted molar refractivity (Wildman–Crippen MR) is 72.2 cm³/mol. The number of hydrogen-bond acceptors (Lipinski definition) is 7. The van der Waals surface area contributed by atoms with Crippen LogP contribution in [0, 0.1) is 0 Å². The van der Waals surface area contributed by atoms with Gasteiger partial charge in [0.1, 0.15) is 12.9 Å². The van der Waals surface area contributed by atoms with E-state index in [1.54, 1.807) is 16.8 Å². The molecule has 0 unspecified atom stereocenters. The van der Waals surface area contributed by atoms with Crippen molar-refractivity contribution in [1.82, 2.24) is 30.2 Å². The first-order chi connectivity index (χ1) is 10.3. The summed E-state index contributed by atoms with van der Waals surface area (Å²) in [6.45, 7) is 0.854. The van der Waals surface area contributed by atoms with Gasteiger partial charge in [-0.3, -0.25) is 4.79 Å². The summed E-state index contributed by atoms with van der Waals surface area (Å²) in [5.74, 6) is 0.980. The summed E-state index contributed by atoms with van der Waals surface area (Å²) in [6, 6.07) is 3.27. The van der Waals surface area contributed by atoms with Gasteiger partial charge in [0.05, 0.1) is 30.9 Å². The molecule has 0 saturated carbocycles. The van der Waals surface area contributed by atoms with Crippen molar-refractivity contribution in [1.29, 1.82) is 0 Å². The van der Waals surface area contributed by atoms with Gasteiger partial charge in [0.2, 0.25) is 0 Å². The highest BCUT2D eigenvalue weighted by Crippen LogP contribution is 2.30. The van der Waals surface area contributed by atoms with E-state index in [0.717, 1.165) is 0 Å². The number of hydrogen-bond donors (Lipinski definition) is 1. The van der Waals surface area contributed by atoms with Crippen molar-refractivity contribution in [3.05, 3.63) is 35.1 Å². The Balaban J connectivity index is 1.85. The number of nitrogens with one attached hydrogen (secondary N) is 1. The molecule has 9 heteroatoms. The zero-order chi connectivity index (χ0) is 14.7. The van der Waals surface area contributed by atoms with Crippen molar-refractivity contribution in [2.75, 3.05) is 13.7 Å². The fourth-order valence-corrected chi connectivity index (χ4v) is 1.88. The van der Waals surface area contributed by atoms with Crippen molar-refractivity contribution >= 4 is 10.9 Å². The third-order valence-electron chi connectivity index (χ3n) is 2.90. The molecule has 108 valence electrons. The lowest BCUT2D eigenvalue weighted by Gasteiger charge is -2.11. The second kappa shape index (κ2) is 5.57. The van der Waals surface area contributed by atoms with Crippen molar-refractivity contribution in [3.63, 3.8) is 0 Å². The Bertz CT molecular complexity index is 798. The van der Waals surface area contributed by atoms with E-state index in [1.165, 1.54) is 19.8 Å². The lowest BCUT2D eigenvalue weighted by Crippen LogP contribution is -2.10. The van der Waals surface area contributed by atoms with Crippen LogP contribution >= 0.6 is 0 Å². The molecule has 0 radical (unpaired) electrons. The first kappa shape index (κ1) is 13.0. The fraction of sp³-hybridized carbons (Fsp3) is 0.250. The first-order valence-corrected chi connectivity index (χ1v) is 6.17. The smallest absolute Gasteiger partial charge is 0.258 e. The van der Waals surface area contributed by atoms with Crippen LogP contribution in [0.4, 0.5) is 0 Å². The SMILES string of the molecule is COc1cc2c(=O)[nH]cnc2cc1OCCn1cnnn1. The molecule has 0 spiro atoms. The maximum Gasteiger partial charge on any atom is 0.258 e. The van der Waals surface area contributed by atoms with Gasteiger partial charge in [0.25, 0.3) is 5.56 Å². The Labute approximate surface area is 118 Å². The second-order valence-corrected chi connectivity index (χ2v) is 4.17. The van der Waals surface area contributed by atoms with Crippen LogP contribution in [0.5, 0.6) is 11.5 Å². The molecule has 3 aromatic rings. The van der Waals surface area contributed by atoms with E-state index < -0.39 is 0 Å². The average molecular weight is 288 g/mol. The quantitative estimate of drug-likeness (QED) is 0.703. The number of ether oxygens (including phenoxy) is 2. The summed E-state index contributed by atoms with van der Waals surface area (Å²) in [5.41, 5.74) is 0.315. The van der Waals surface area contributed by atoms with Gasteiger partial charge in [0, 0.05) is 6.07 Å². The van der Waals surface area contributed by atoms with Crippen LogP contribution in [0.2, 0.25) is 0 Å². The van der Waals surface area contributed by atoms with E-state index >= 15 is 0 Å². The van der Waals surface area contributed by atoms with Crippen LogP contribution in [0.1, 0.15) is 0 Å². The van der Waals surface area contributed by atoms with Crippen molar-refractivity contribution in [2.45, 2.75) is 6.54 Å². The Morgan fingerprint density at radius 2 is 2.24 bits per heavy atom. The van der Waals surface area contributed by atoms with Gasteiger partial charge in [-0.25, -0.2) is 9.67 Å². The molecule has 0 fully saturated rings. The number of tetrazole rings is 1. The molecule has 0 aliphatic rings. The predicted octanol–water partition coefficient (Wildman–Crippen LogP) is -0.00280. The molecular formula is C12H12N6O3. The summed E-state index contributed by atoms with van der Waals surface area (Å²) in [5, 5.41) is 11.3. The zero-order valence-corrected chi connectivity index (χ0v) is 11.2. The topological polar surface area (TPSA) is 108 Å². The lowest BCUT2D eigenvalue weighted by molar-refractivity contribution is 0.273. The van der Waals surface area contributed by atoms with Crippen LogP contribution in [-0.4, -0.2) is 43.9 Å². The molecule has 0 atom stereocenters. The number of methoxy groups -OCH3 is 1. The highest BCUT2D eigenvalue weighted by molar-refractivity contribution is 5.81. The normalized spacial score (nSPS) is 10.7. The number of nitrogens with zero attached hydrogens (tertiary/aromatic N) is 5. The largest absolute Gasteiger partial charge is 0.493 e. The van der Waals surface area contributed by atoms with Gasteiger partial charge in [-0.15, -0.1) is 5.10 Å². The van der Waals surface area contributed by atoms with Crippen molar-refractivity contribution < 1.29 is 9.47 Å². The number of aromatic nitrogens is 6. The number of benzene rings is 1. The lowest BCUT2D eigenvalue weighted by atomic mass is 10.2. The molecule has 2 heterocycles. The van der Waals surface area contributed by atoms with Crippen LogP contribution < -0.4 is 15.0 Å². The monoisotopic (exact) mass is 288 g/mol. The van der Waals surface area contributed by atoms with Crippen LogP contribution in [-0.2, 0) is 6.54 Å². The van der Waals surface area contributed by atoms with Gasteiger partial charge in [0.15, 0.2) is 11.5 Å². The van der Waals surface area contributed by atoms with Crippen LogP contribution in [0.25, 0.3) is 10.9 Å². The molecule has 3 rings (SSSR count). The number of rotatable bonds is 5. The second-order valence-electron chi connectivity index (χ2n) is 4.17. The molecule has 0 aliphatic carbocycles. The standard InChI is InChI=1S/C12H12N6O3/c1-20-10-4-8-9(13-6-14-12(8)19)5-11(10)21-3-2-18-7-15-16-17-18/h4-7H,2-3H2,1H3,(H,13,14,19). The highest BCUT2D eigenvalue weighted by Gasteiger charge is 2.10. The number of H-pyrrole nitrogens is 1. The summed E-state index contributed by atoms with van der Waals surface area (Å²) >= 11 is 0. The van der Waals surface area contributed by atoms with E-state index in [0.29, 0.717) is 35.6 Å². The van der Waals surface area contributed by atoms with Crippen LogP contribution in [0.15, 0.2) is 29.6 Å². The van der Waals surface area contributed by atoms with Crippen molar-refractivity contribution in [3.8, 4) is 11.5 Å². The summed E-state index contributed by atoms with van der Waals surface area (Å²) in [6.07, 6.45) is 2.85. The minimum absolute atomic E-state index is 0.224. The van der Waals surface area contributed by atoms with Gasteiger partial charge in [-0.2, -0.15) is 0 Å². The molecule has 2 aromatic heterocycles. The minimum atomic E-state index is -0.224. The Hall–Kier alpha value is -2.97. The Kier molecular flexibility index (Phi) is 3.46. The van der Waals surface area contributed by atoms with E-state index in [-0.39, 0.29) is 5.56 Å². The zero-order valence-electron chi connectivity index (χ0n) is 11.2. The van der Waals surface area contributed by atoms with E-state index in [1.807, 2.05) is 0 Å². The van der Waals surface area contributed by atoms with Crippen molar-refractivity contribution in [2.24, 2.45) is 0 Å². The molecule has 21 heavy (non-hydrogen) atoms. The number of fused-ring (bicyclic) bond motifs is 1.